The van der Waals surface area contributed by atoms with Gasteiger partial charge in [-0.15, -0.1) is 0 Å². The van der Waals surface area contributed by atoms with E-state index in [0.29, 0.717) is 30.3 Å². The quantitative estimate of drug-likeness (QED) is 0.0658. The van der Waals surface area contributed by atoms with Crippen LogP contribution in [0.1, 0.15) is 123 Å². The second kappa shape index (κ2) is 22.3. The molecule has 222 valence electrons. The van der Waals surface area contributed by atoms with E-state index in [2.05, 4.69) is 12.2 Å². The average Bonchev–Trinajstić information content (AvgIpc) is 2.81. The Morgan fingerprint density at radius 1 is 0.811 bits per heavy atom. The largest absolute Gasteiger partial charge is 0.472 e. The first-order valence-corrected chi connectivity index (χ1v) is 16.4. The topological polar surface area (TPSA) is 105 Å². The molecule has 3 atom stereocenters. The number of carbonyl (C=O) groups is 1. The summed E-state index contributed by atoms with van der Waals surface area (Å²) in [5.41, 5.74) is 0. The monoisotopic (exact) mass is 551 g/mol. The molecule has 0 saturated heterocycles. The van der Waals surface area contributed by atoms with E-state index in [1.807, 2.05) is 28.1 Å². The summed E-state index contributed by atoms with van der Waals surface area (Å²) < 4.78 is 23.0. The van der Waals surface area contributed by atoms with E-state index >= 15 is 0 Å². The van der Waals surface area contributed by atoms with Gasteiger partial charge in [0.2, 0.25) is 5.91 Å². The van der Waals surface area contributed by atoms with Gasteiger partial charge < -0.3 is 19.8 Å². The van der Waals surface area contributed by atoms with Crippen LogP contribution in [0.25, 0.3) is 0 Å². The first kappa shape index (κ1) is 36.5. The molecule has 0 aliphatic heterocycles. The normalized spacial score (nSPS) is 15.3. The number of likely N-dealkylation sites (N-methyl/N-ethyl adjacent to an activating group) is 1. The van der Waals surface area contributed by atoms with Crippen molar-refractivity contribution < 1.29 is 32.9 Å². The van der Waals surface area contributed by atoms with Crippen LogP contribution in [-0.2, 0) is 18.4 Å². The molecule has 0 bridgehead atoms. The third-order valence-electron chi connectivity index (χ3n) is 6.58. The molecule has 0 radical (unpaired) electrons. The number of nitrogens with zero attached hydrogens (tertiary/aromatic N) is 1. The smallest absolute Gasteiger partial charge is 0.391 e. The van der Waals surface area contributed by atoms with Gasteiger partial charge in [-0.25, -0.2) is 4.57 Å². The van der Waals surface area contributed by atoms with Crippen LogP contribution >= 0.6 is 7.82 Å². The zero-order valence-electron chi connectivity index (χ0n) is 24.7. The standard InChI is InChI=1S/C28H59N2O6P/c1-6-8-9-10-11-12-13-14-15-16-17-18-19-20-22-27(31)26(29-28(32)21-7-2)25-36-37(33,34)35-24-23-30(3,4)5/h26-27,31H,6-25H2,1-5H3,(H-,29,32,33,34)/p+1. The molecule has 0 aliphatic rings. The van der Waals surface area contributed by atoms with E-state index in [0.717, 1.165) is 19.3 Å². The lowest BCUT2D eigenvalue weighted by molar-refractivity contribution is -0.870. The Balaban J connectivity index is 4.18. The van der Waals surface area contributed by atoms with Crippen molar-refractivity contribution in [3.05, 3.63) is 0 Å². The summed E-state index contributed by atoms with van der Waals surface area (Å²) in [6.45, 7) is 4.51. The van der Waals surface area contributed by atoms with Crippen LogP contribution in [-0.4, -0.2) is 73.4 Å². The minimum Gasteiger partial charge on any atom is -0.391 e. The summed E-state index contributed by atoms with van der Waals surface area (Å²) in [7, 11) is 1.61. The van der Waals surface area contributed by atoms with E-state index in [4.69, 9.17) is 9.05 Å². The number of aliphatic hydroxyl groups is 1. The van der Waals surface area contributed by atoms with Gasteiger partial charge in [0.15, 0.2) is 0 Å². The summed E-state index contributed by atoms with van der Waals surface area (Å²) in [5, 5.41) is 13.5. The first-order valence-electron chi connectivity index (χ1n) is 14.9. The lowest BCUT2D eigenvalue weighted by atomic mass is 10.0. The number of nitrogens with one attached hydrogen (secondary N) is 1. The molecule has 3 unspecified atom stereocenters. The Morgan fingerprint density at radius 3 is 1.76 bits per heavy atom. The van der Waals surface area contributed by atoms with E-state index < -0.39 is 20.0 Å². The fourth-order valence-electron chi connectivity index (χ4n) is 4.15. The van der Waals surface area contributed by atoms with Gasteiger partial charge in [0.1, 0.15) is 13.2 Å². The molecule has 0 aliphatic carbocycles. The molecule has 8 nitrogen and oxygen atoms in total. The van der Waals surface area contributed by atoms with Crippen molar-refractivity contribution >= 4 is 13.7 Å². The lowest BCUT2D eigenvalue weighted by Gasteiger charge is -2.26. The van der Waals surface area contributed by atoms with Gasteiger partial charge in [0, 0.05) is 6.42 Å². The van der Waals surface area contributed by atoms with Crippen molar-refractivity contribution in [1.82, 2.24) is 5.32 Å². The van der Waals surface area contributed by atoms with E-state index in [1.165, 1.54) is 70.6 Å². The van der Waals surface area contributed by atoms with Gasteiger partial charge in [0.05, 0.1) is 39.9 Å². The molecule has 0 heterocycles. The minimum absolute atomic E-state index is 0.0751. The molecule has 0 aromatic heterocycles. The third kappa shape index (κ3) is 24.3. The molecular weight excluding hydrogens is 491 g/mol. The van der Waals surface area contributed by atoms with E-state index in [-0.39, 0.29) is 19.1 Å². The lowest BCUT2D eigenvalue weighted by Crippen LogP contribution is -2.46. The SMILES string of the molecule is CCCCCCCCCCCCCCCCC(O)C(COP(=O)(O)OCC[N+](C)(C)C)NC(=O)CCC. The highest BCUT2D eigenvalue weighted by molar-refractivity contribution is 7.47. The molecule has 1 amide bonds. The maximum absolute atomic E-state index is 12.2. The Labute approximate surface area is 228 Å². The maximum atomic E-state index is 12.2. The molecule has 0 spiro atoms. The number of phosphoric ester groups is 1. The summed E-state index contributed by atoms with van der Waals surface area (Å²) >= 11 is 0. The van der Waals surface area contributed by atoms with Crippen molar-refractivity contribution in [2.75, 3.05) is 40.9 Å². The number of hydrogen-bond donors (Lipinski definition) is 3. The number of unbranched alkanes of at least 4 members (excludes halogenated alkanes) is 13. The predicted molar refractivity (Wildman–Crippen MR) is 152 cm³/mol. The number of aliphatic hydroxyl groups excluding tert-OH is 1. The highest BCUT2D eigenvalue weighted by atomic mass is 31.2. The van der Waals surface area contributed by atoms with Gasteiger partial charge in [-0.05, 0) is 12.8 Å². The third-order valence-corrected chi connectivity index (χ3v) is 7.56. The fraction of sp³-hybridized carbons (Fsp3) is 0.964. The molecular formula is C28H60N2O6P+. The van der Waals surface area contributed by atoms with Crippen molar-refractivity contribution in [3.63, 3.8) is 0 Å². The molecule has 0 rings (SSSR count). The minimum atomic E-state index is -4.26. The Morgan fingerprint density at radius 2 is 1.30 bits per heavy atom. The van der Waals surface area contributed by atoms with Crippen molar-refractivity contribution in [2.45, 2.75) is 135 Å². The molecule has 37 heavy (non-hydrogen) atoms. The molecule has 0 saturated carbocycles. The van der Waals surface area contributed by atoms with Crippen LogP contribution < -0.4 is 5.32 Å². The highest BCUT2D eigenvalue weighted by Gasteiger charge is 2.28. The number of quaternary nitrogens is 1. The molecule has 3 N–H and O–H groups in total. The number of amides is 1. The van der Waals surface area contributed by atoms with Crippen LogP contribution in [0.15, 0.2) is 0 Å². The Bertz CT molecular complexity index is 600. The second-order valence-electron chi connectivity index (χ2n) is 11.5. The molecule has 0 aromatic rings. The zero-order valence-corrected chi connectivity index (χ0v) is 25.6. The number of carbonyl (C=O) groups excluding carboxylic acids is 1. The number of hydrogen-bond acceptors (Lipinski definition) is 5. The maximum Gasteiger partial charge on any atom is 0.472 e. The van der Waals surface area contributed by atoms with Crippen LogP contribution in [0.2, 0.25) is 0 Å². The predicted octanol–water partition coefficient (Wildman–Crippen LogP) is 6.34. The van der Waals surface area contributed by atoms with E-state index in [1.54, 1.807) is 0 Å². The van der Waals surface area contributed by atoms with Crippen LogP contribution in [0, 0.1) is 0 Å². The molecule has 9 heteroatoms. The van der Waals surface area contributed by atoms with Crippen molar-refractivity contribution in [1.29, 1.82) is 0 Å². The van der Waals surface area contributed by atoms with Gasteiger partial charge in [-0.1, -0.05) is 104 Å². The summed E-state index contributed by atoms with van der Waals surface area (Å²) in [6.07, 6.45) is 18.4. The summed E-state index contributed by atoms with van der Waals surface area (Å²) in [5.74, 6) is -0.199. The number of rotatable bonds is 26. The van der Waals surface area contributed by atoms with Crippen LogP contribution in [0.3, 0.4) is 0 Å². The fourth-order valence-corrected chi connectivity index (χ4v) is 4.88. The number of phosphoric acid groups is 1. The Hall–Kier alpha value is -0.500. The Kier molecular flexibility index (Phi) is 22.0. The van der Waals surface area contributed by atoms with Crippen LogP contribution in [0.4, 0.5) is 0 Å². The van der Waals surface area contributed by atoms with Gasteiger partial charge in [0.25, 0.3) is 0 Å². The van der Waals surface area contributed by atoms with Gasteiger partial charge in [-0.2, -0.15) is 0 Å². The molecule has 0 aromatic carbocycles. The summed E-state index contributed by atoms with van der Waals surface area (Å²) in [4.78, 5) is 22.1. The van der Waals surface area contributed by atoms with Crippen molar-refractivity contribution in [2.24, 2.45) is 0 Å². The molecule has 0 fully saturated rings. The van der Waals surface area contributed by atoms with Gasteiger partial charge in [-0.3, -0.25) is 13.8 Å². The van der Waals surface area contributed by atoms with Gasteiger partial charge >= 0.3 is 7.82 Å². The second-order valence-corrected chi connectivity index (χ2v) is 12.9. The van der Waals surface area contributed by atoms with E-state index in [9.17, 15) is 19.4 Å². The highest BCUT2D eigenvalue weighted by Crippen LogP contribution is 2.43. The van der Waals surface area contributed by atoms with Crippen LogP contribution in [0.5, 0.6) is 0 Å². The average molecular weight is 552 g/mol. The first-order chi connectivity index (χ1) is 17.5. The van der Waals surface area contributed by atoms with Crippen molar-refractivity contribution in [3.8, 4) is 0 Å². The summed E-state index contributed by atoms with van der Waals surface area (Å²) in [6, 6.07) is -0.747. The zero-order chi connectivity index (χ0) is 28.0.